The van der Waals surface area contributed by atoms with Gasteiger partial charge in [0, 0.05) is 12.8 Å². The molecule has 0 amide bonds. The molecule has 0 aromatic heterocycles. The minimum Gasteiger partial charge on any atom is -0.466 e. The molecule has 0 aliphatic heterocycles. The van der Waals surface area contributed by atoms with E-state index in [1.54, 1.807) is 0 Å². The number of aldehydes is 1. The van der Waals surface area contributed by atoms with E-state index in [9.17, 15) is 9.59 Å². The molecule has 3 nitrogen and oxygen atoms in total. The molecule has 0 aliphatic carbocycles. The molecular weight excluding hydrogens is 156 g/mol. The van der Waals surface area contributed by atoms with Gasteiger partial charge in [0.2, 0.25) is 0 Å². The Labute approximate surface area is 73.1 Å². The van der Waals surface area contributed by atoms with E-state index in [4.69, 9.17) is 4.74 Å². The third-order valence-corrected chi connectivity index (χ3v) is 1.43. The zero-order valence-electron chi connectivity index (χ0n) is 7.54. The van der Waals surface area contributed by atoms with Gasteiger partial charge in [0.25, 0.3) is 0 Å². The van der Waals surface area contributed by atoms with Crippen LogP contribution in [0.2, 0.25) is 0 Å². The maximum atomic E-state index is 10.8. The van der Waals surface area contributed by atoms with Gasteiger partial charge in [-0.25, -0.2) is 0 Å². The van der Waals surface area contributed by atoms with E-state index in [-0.39, 0.29) is 5.97 Å². The van der Waals surface area contributed by atoms with Gasteiger partial charge in [-0.1, -0.05) is 6.92 Å². The number of ether oxygens (including phenoxy) is 1. The summed E-state index contributed by atoms with van der Waals surface area (Å²) in [5, 5.41) is 0. The van der Waals surface area contributed by atoms with Gasteiger partial charge in [-0.15, -0.1) is 0 Å². The van der Waals surface area contributed by atoms with Crippen molar-refractivity contribution in [3.63, 3.8) is 0 Å². The third kappa shape index (κ3) is 7.25. The maximum Gasteiger partial charge on any atom is 0.305 e. The molecule has 0 heterocycles. The van der Waals surface area contributed by atoms with E-state index in [1.807, 2.05) is 6.92 Å². The first-order valence-corrected chi connectivity index (χ1v) is 4.40. The molecule has 0 aromatic rings. The zero-order chi connectivity index (χ0) is 9.23. The summed E-state index contributed by atoms with van der Waals surface area (Å²) >= 11 is 0. The van der Waals surface area contributed by atoms with Gasteiger partial charge in [0.15, 0.2) is 0 Å². The van der Waals surface area contributed by atoms with Crippen LogP contribution >= 0.6 is 0 Å². The summed E-state index contributed by atoms with van der Waals surface area (Å²) < 4.78 is 4.87. The third-order valence-electron chi connectivity index (χ3n) is 1.43. The number of hydrogen-bond acceptors (Lipinski definition) is 3. The zero-order valence-corrected chi connectivity index (χ0v) is 7.54. The quantitative estimate of drug-likeness (QED) is 0.333. The van der Waals surface area contributed by atoms with Crippen LogP contribution in [0, 0.1) is 0 Å². The molecule has 0 saturated heterocycles. The lowest BCUT2D eigenvalue weighted by Crippen LogP contribution is -2.04. The fourth-order valence-corrected chi connectivity index (χ4v) is 0.792. The molecule has 0 bridgehead atoms. The molecule has 0 radical (unpaired) electrons. The average molecular weight is 172 g/mol. The summed E-state index contributed by atoms with van der Waals surface area (Å²) in [5.74, 6) is -0.136. The Morgan fingerprint density at radius 2 is 2.17 bits per heavy atom. The predicted octanol–water partition coefficient (Wildman–Crippen LogP) is 1.70. The van der Waals surface area contributed by atoms with Gasteiger partial charge in [0.1, 0.15) is 6.29 Å². The molecule has 0 atom stereocenters. The average Bonchev–Trinajstić information content (AvgIpc) is 2.05. The summed E-state index contributed by atoms with van der Waals surface area (Å²) in [7, 11) is 0. The van der Waals surface area contributed by atoms with Crippen molar-refractivity contribution in [1.29, 1.82) is 0 Å². The van der Waals surface area contributed by atoms with Crippen molar-refractivity contribution < 1.29 is 14.3 Å². The van der Waals surface area contributed by atoms with Crippen LogP contribution in [-0.4, -0.2) is 18.9 Å². The van der Waals surface area contributed by atoms with Crippen LogP contribution < -0.4 is 0 Å². The molecule has 0 rings (SSSR count). The van der Waals surface area contributed by atoms with Crippen molar-refractivity contribution >= 4 is 12.3 Å². The van der Waals surface area contributed by atoms with E-state index < -0.39 is 0 Å². The van der Waals surface area contributed by atoms with Crippen molar-refractivity contribution in [3.8, 4) is 0 Å². The lowest BCUT2D eigenvalue weighted by molar-refractivity contribution is -0.143. The van der Waals surface area contributed by atoms with Crippen molar-refractivity contribution in [2.45, 2.75) is 39.0 Å². The van der Waals surface area contributed by atoms with Crippen LogP contribution in [0.1, 0.15) is 39.0 Å². The number of hydrogen-bond donors (Lipinski definition) is 0. The van der Waals surface area contributed by atoms with Gasteiger partial charge >= 0.3 is 5.97 Å². The summed E-state index contributed by atoms with van der Waals surface area (Å²) in [5.41, 5.74) is 0. The molecule has 3 heteroatoms. The SMILES string of the molecule is CCCC(=O)OCCCCC=O. The molecule has 12 heavy (non-hydrogen) atoms. The van der Waals surface area contributed by atoms with Gasteiger partial charge in [-0.05, 0) is 19.3 Å². The second kappa shape index (κ2) is 8.24. The fourth-order valence-electron chi connectivity index (χ4n) is 0.792. The summed E-state index contributed by atoms with van der Waals surface area (Å²) in [6, 6.07) is 0. The molecule has 0 spiro atoms. The molecule has 0 fully saturated rings. The van der Waals surface area contributed by atoms with Crippen molar-refractivity contribution in [1.82, 2.24) is 0 Å². The van der Waals surface area contributed by atoms with E-state index in [1.165, 1.54) is 0 Å². The van der Waals surface area contributed by atoms with Crippen molar-refractivity contribution in [3.05, 3.63) is 0 Å². The minimum absolute atomic E-state index is 0.136. The van der Waals surface area contributed by atoms with Crippen LogP contribution in [-0.2, 0) is 14.3 Å². The normalized spacial score (nSPS) is 9.42. The van der Waals surface area contributed by atoms with E-state index in [0.717, 1.165) is 25.5 Å². The highest BCUT2D eigenvalue weighted by atomic mass is 16.5. The number of carbonyl (C=O) groups is 2. The Kier molecular flexibility index (Phi) is 7.65. The Hall–Kier alpha value is -0.860. The summed E-state index contributed by atoms with van der Waals surface area (Å²) in [6.07, 6.45) is 4.36. The molecule has 70 valence electrons. The molecule has 0 N–H and O–H groups in total. The minimum atomic E-state index is -0.136. The standard InChI is InChI=1S/C9H16O3/c1-2-6-9(11)12-8-5-3-4-7-10/h7H,2-6,8H2,1H3. The molecular formula is C9H16O3. The van der Waals surface area contributed by atoms with E-state index >= 15 is 0 Å². The molecule has 0 aliphatic rings. The predicted molar refractivity (Wildman–Crippen MR) is 45.8 cm³/mol. The van der Waals surface area contributed by atoms with Gasteiger partial charge < -0.3 is 9.53 Å². The Morgan fingerprint density at radius 1 is 1.42 bits per heavy atom. The lowest BCUT2D eigenvalue weighted by atomic mass is 10.2. The van der Waals surface area contributed by atoms with Crippen LogP contribution in [0.25, 0.3) is 0 Å². The monoisotopic (exact) mass is 172 g/mol. The second-order valence-corrected chi connectivity index (χ2v) is 2.63. The first-order chi connectivity index (χ1) is 5.81. The molecule has 0 saturated carbocycles. The highest BCUT2D eigenvalue weighted by Gasteiger charge is 1.98. The van der Waals surface area contributed by atoms with Gasteiger partial charge in [-0.3, -0.25) is 4.79 Å². The van der Waals surface area contributed by atoms with Gasteiger partial charge in [-0.2, -0.15) is 0 Å². The fraction of sp³-hybridized carbons (Fsp3) is 0.778. The van der Waals surface area contributed by atoms with Crippen molar-refractivity contribution in [2.75, 3.05) is 6.61 Å². The Bertz CT molecular complexity index is 132. The van der Waals surface area contributed by atoms with Crippen LogP contribution in [0.3, 0.4) is 0 Å². The Balaban J connectivity index is 3.08. The number of carbonyl (C=O) groups excluding carboxylic acids is 2. The second-order valence-electron chi connectivity index (χ2n) is 2.63. The van der Waals surface area contributed by atoms with Crippen LogP contribution in [0.4, 0.5) is 0 Å². The van der Waals surface area contributed by atoms with E-state index in [2.05, 4.69) is 0 Å². The van der Waals surface area contributed by atoms with Gasteiger partial charge in [0.05, 0.1) is 6.61 Å². The van der Waals surface area contributed by atoms with Crippen LogP contribution in [0.15, 0.2) is 0 Å². The number of unbranched alkanes of at least 4 members (excludes halogenated alkanes) is 2. The largest absolute Gasteiger partial charge is 0.466 e. The summed E-state index contributed by atoms with van der Waals surface area (Å²) in [6.45, 7) is 2.39. The first kappa shape index (κ1) is 11.1. The summed E-state index contributed by atoms with van der Waals surface area (Å²) in [4.78, 5) is 20.7. The van der Waals surface area contributed by atoms with Crippen molar-refractivity contribution in [2.24, 2.45) is 0 Å². The highest BCUT2D eigenvalue weighted by Crippen LogP contribution is 1.96. The smallest absolute Gasteiger partial charge is 0.305 e. The molecule has 0 aromatic carbocycles. The maximum absolute atomic E-state index is 10.8. The Morgan fingerprint density at radius 3 is 2.75 bits per heavy atom. The number of rotatable bonds is 7. The lowest BCUT2D eigenvalue weighted by Gasteiger charge is -2.01. The molecule has 0 unspecified atom stereocenters. The topological polar surface area (TPSA) is 43.4 Å². The van der Waals surface area contributed by atoms with Crippen LogP contribution in [0.5, 0.6) is 0 Å². The highest BCUT2D eigenvalue weighted by molar-refractivity contribution is 5.69. The first-order valence-electron chi connectivity index (χ1n) is 4.40. The van der Waals surface area contributed by atoms with E-state index in [0.29, 0.717) is 19.4 Å². The number of esters is 1.